The predicted molar refractivity (Wildman–Crippen MR) is 72.0 cm³/mol. The van der Waals surface area contributed by atoms with Crippen LogP contribution >= 0.6 is 0 Å². The smallest absolute Gasteiger partial charge is 0.271 e. The van der Waals surface area contributed by atoms with E-state index < -0.39 is 10.5 Å². The van der Waals surface area contributed by atoms with E-state index in [2.05, 4.69) is 10.6 Å². The number of carbonyl (C=O) groups excluding carboxylic acids is 1. The Kier molecular flexibility index (Phi) is 3.80. The normalized spacial score (nSPS) is 22.2. The summed E-state index contributed by atoms with van der Waals surface area (Å²) >= 11 is 0. The molecule has 1 heterocycles. The topological polar surface area (TPSA) is 84.3 Å². The quantitative estimate of drug-likeness (QED) is 0.643. The number of rotatable bonds is 4. The summed E-state index contributed by atoms with van der Waals surface area (Å²) in [6, 6.07) is 5.99. The molecule has 0 aliphatic carbocycles. The van der Waals surface area contributed by atoms with Gasteiger partial charge >= 0.3 is 0 Å². The maximum atomic E-state index is 12.3. The van der Waals surface area contributed by atoms with Crippen LogP contribution in [0.25, 0.3) is 0 Å². The zero-order chi connectivity index (χ0) is 13.9. The molecule has 0 spiro atoms. The Bertz CT molecular complexity index is 496. The number of nitrogens with zero attached hydrogens (tertiary/aromatic N) is 1. The second kappa shape index (κ2) is 5.36. The van der Waals surface area contributed by atoms with E-state index in [-0.39, 0.29) is 11.6 Å². The van der Waals surface area contributed by atoms with Crippen LogP contribution in [0.3, 0.4) is 0 Å². The molecule has 1 aromatic rings. The van der Waals surface area contributed by atoms with Crippen molar-refractivity contribution in [3.63, 3.8) is 0 Å². The summed E-state index contributed by atoms with van der Waals surface area (Å²) in [7, 11) is 0. The van der Waals surface area contributed by atoms with Crippen LogP contribution in [0.15, 0.2) is 24.3 Å². The van der Waals surface area contributed by atoms with Crippen LogP contribution in [-0.2, 0) is 4.79 Å². The van der Waals surface area contributed by atoms with E-state index in [1.54, 1.807) is 12.1 Å². The van der Waals surface area contributed by atoms with Gasteiger partial charge in [-0.15, -0.1) is 0 Å². The van der Waals surface area contributed by atoms with Gasteiger partial charge in [-0.2, -0.15) is 0 Å². The maximum absolute atomic E-state index is 12.3. The molecule has 1 saturated heterocycles. The van der Waals surface area contributed by atoms with Crippen LogP contribution in [-0.4, -0.2) is 22.9 Å². The third-order valence-electron chi connectivity index (χ3n) is 3.60. The Morgan fingerprint density at radius 2 is 2.37 bits per heavy atom. The van der Waals surface area contributed by atoms with Crippen LogP contribution in [0.4, 0.5) is 11.4 Å². The molecule has 1 atom stereocenters. The van der Waals surface area contributed by atoms with Gasteiger partial charge in [0.25, 0.3) is 5.69 Å². The average Bonchev–Trinajstić information content (AvgIpc) is 2.89. The first-order valence-electron chi connectivity index (χ1n) is 6.38. The van der Waals surface area contributed by atoms with E-state index in [4.69, 9.17) is 0 Å². The number of nitro groups is 1. The summed E-state index contributed by atoms with van der Waals surface area (Å²) in [5.41, 5.74) is -0.103. The van der Waals surface area contributed by atoms with Gasteiger partial charge < -0.3 is 10.6 Å². The second-order valence-electron chi connectivity index (χ2n) is 4.73. The Morgan fingerprint density at radius 1 is 1.58 bits per heavy atom. The van der Waals surface area contributed by atoms with Crippen LogP contribution < -0.4 is 10.6 Å². The maximum Gasteiger partial charge on any atom is 0.271 e. The summed E-state index contributed by atoms with van der Waals surface area (Å²) in [6.07, 6.45) is 2.47. The molecule has 0 aromatic heterocycles. The lowest BCUT2D eigenvalue weighted by Gasteiger charge is -2.26. The van der Waals surface area contributed by atoms with Crippen molar-refractivity contribution in [3.05, 3.63) is 34.4 Å². The summed E-state index contributed by atoms with van der Waals surface area (Å²) in [5, 5.41) is 16.7. The third-order valence-corrected chi connectivity index (χ3v) is 3.60. The lowest BCUT2D eigenvalue weighted by molar-refractivity contribution is -0.384. The highest BCUT2D eigenvalue weighted by Gasteiger charge is 2.39. The zero-order valence-corrected chi connectivity index (χ0v) is 10.8. The lowest BCUT2D eigenvalue weighted by atomic mass is 9.93. The molecule has 1 amide bonds. The van der Waals surface area contributed by atoms with Crippen LogP contribution in [0.5, 0.6) is 0 Å². The van der Waals surface area contributed by atoms with Crippen molar-refractivity contribution in [1.29, 1.82) is 0 Å². The standard InChI is InChI=1S/C13H17N3O3/c1-2-13(7-4-8-14-13)12(17)15-10-5-3-6-11(9-10)16(18)19/h3,5-6,9,14H,2,4,7-8H2,1H3,(H,15,17). The first-order valence-corrected chi connectivity index (χ1v) is 6.38. The molecule has 19 heavy (non-hydrogen) atoms. The molecule has 2 rings (SSSR count). The number of hydrogen-bond donors (Lipinski definition) is 2. The summed E-state index contributed by atoms with van der Waals surface area (Å²) in [5.74, 6) is -0.118. The second-order valence-corrected chi connectivity index (χ2v) is 4.73. The summed E-state index contributed by atoms with van der Waals surface area (Å²) < 4.78 is 0. The van der Waals surface area contributed by atoms with E-state index >= 15 is 0 Å². The number of carbonyl (C=O) groups is 1. The number of non-ortho nitro benzene ring substituents is 1. The van der Waals surface area contributed by atoms with Gasteiger partial charge in [0, 0.05) is 17.8 Å². The minimum absolute atomic E-state index is 0.0253. The van der Waals surface area contributed by atoms with E-state index in [9.17, 15) is 14.9 Å². The molecule has 1 aromatic carbocycles. The van der Waals surface area contributed by atoms with Gasteiger partial charge in [0.05, 0.1) is 10.5 Å². The molecule has 1 unspecified atom stereocenters. The number of hydrogen-bond acceptors (Lipinski definition) is 4. The van der Waals surface area contributed by atoms with Gasteiger partial charge in [-0.3, -0.25) is 14.9 Å². The van der Waals surface area contributed by atoms with Crippen molar-refractivity contribution in [2.45, 2.75) is 31.7 Å². The molecule has 2 N–H and O–H groups in total. The minimum Gasteiger partial charge on any atom is -0.324 e. The Balaban J connectivity index is 2.14. The monoisotopic (exact) mass is 263 g/mol. The molecule has 0 radical (unpaired) electrons. The molecule has 6 heteroatoms. The van der Waals surface area contributed by atoms with Gasteiger partial charge in [-0.1, -0.05) is 13.0 Å². The predicted octanol–water partition coefficient (Wildman–Crippen LogP) is 2.07. The van der Waals surface area contributed by atoms with Crippen molar-refractivity contribution in [2.24, 2.45) is 0 Å². The minimum atomic E-state index is -0.537. The van der Waals surface area contributed by atoms with Gasteiger partial charge in [-0.05, 0) is 31.9 Å². The Hall–Kier alpha value is -1.95. The fraction of sp³-hybridized carbons (Fsp3) is 0.462. The molecular weight excluding hydrogens is 246 g/mol. The van der Waals surface area contributed by atoms with Crippen molar-refractivity contribution in [1.82, 2.24) is 5.32 Å². The van der Waals surface area contributed by atoms with Gasteiger partial charge in [-0.25, -0.2) is 0 Å². The molecule has 6 nitrogen and oxygen atoms in total. The van der Waals surface area contributed by atoms with E-state index in [1.165, 1.54) is 12.1 Å². The molecule has 102 valence electrons. The van der Waals surface area contributed by atoms with E-state index in [1.807, 2.05) is 6.92 Å². The molecule has 1 fully saturated rings. The van der Waals surface area contributed by atoms with Gasteiger partial charge in [0.1, 0.15) is 0 Å². The van der Waals surface area contributed by atoms with Crippen molar-refractivity contribution in [2.75, 3.05) is 11.9 Å². The highest BCUT2D eigenvalue weighted by molar-refractivity contribution is 5.98. The third kappa shape index (κ3) is 2.73. The molecule has 0 bridgehead atoms. The lowest BCUT2D eigenvalue weighted by Crippen LogP contribution is -2.50. The zero-order valence-electron chi connectivity index (χ0n) is 10.8. The Labute approximate surface area is 111 Å². The first kappa shape index (κ1) is 13.5. The summed E-state index contributed by atoms with van der Waals surface area (Å²) in [4.78, 5) is 22.5. The summed E-state index contributed by atoms with van der Waals surface area (Å²) in [6.45, 7) is 2.79. The molecule has 0 saturated carbocycles. The fourth-order valence-electron chi connectivity index (χ4n) is 2.41. The SMILES string of the molecule is CCC1(C(=O)Nc2cccc([N+](=O)[O-])c2)CCCN1. The van der Waals surface area contributed by atoms with Crippen molar-refractivity contribution in [3.8, 4) is 0 Å². The average molecular weight is 263 g/mol. The van der Waals surface area contributed by atoms with Crippen molar-refractivity contribution >= 4 is 17.3 Å². The Morgan fingerprint density at radius 3 is 2.95 bits per heavy atom. The van der Waals surface area contributed by atoms with Crippen LogP contribution in [0, 0.1) is 10.1 Å². The number of nitro benzene ring substituents is 1. The fourth-order valence-corrected chi connectivity index (χ4v) is 2.41. The van der Waals surface area contributed by atoms with Crippen LogP contribution in [0.1, 0.15) is 26.2 Å². The first-order chi connectivity index (χ1) is 9.07. The van der Waals surface area contributed by atoms with E-state index in [0.717, 1.165) is 19.4 Å². The number of amides is 1. The van der Waals surface area contributed by atoms with E-state index in [0.29, 0.717) is 12.1 Å². The highest BCUT2D eigenvalue weighted by atomic mass is 16.6. The largest absolute Gasteiger partial charge is 0.324 e. The number of nitrogens with one attached hydrogen (secondary N) is 2. The van der Waals surface area contributed by atoms with Crippen LogP contribution in [0.2, 0.25) is 0 Å². The molecule has 1 aliphatic rings. The van der Waals surface area contributed by atoms with Gasteiger partial charge in [0.2, 0.25) is 5.91 Å². The number of benzene rings is 1. The number of anilines is 1. The van der Waals surface area contributed by atoms with Crippen molar-refractivity contribution < 1.29 is 9.72 Å². The molecule has 1 aliphatic heterocycles. The van der Waals surface area contributed by atoms with Gasteiger partial charge in [0.15, 0.2) is 0 Å². The molecular formula is C13H17N3O3. The highest BCUT2D eigenvalue weighted by Crippen LogP contribution is 2.25.